The predicted octanol–water partition coefficient (Wildman–Crippen LogP) is 2.30. The molecule has 1 N–H and O–H groups in total. The first-order chi connectivity index (χ1) is 11.6. The second kappa shape index (κ2) is 6.60. The van der Waals surface area contributed by atoms with Crippen LogP contribution in [0.2, 0.25) is 0 Å². The molecule has 1 unspecified atom stereocenters. The van der Waals surface area contributed by atoms with Gasteiger partial charge in [0.25, 0.3) is 0 Å². The summed E-state index contributed by atoms with van der Waals surface area (Å²) >= 11 is 3.54. The minimum absolute atomic E-state index is 0.437. The molecule has 1 aliphatic rings. The number of carbonyl (C=O) groups is 1. The minimum Gasteiger partial charge on any atom is -0.494 e. The lowest BCUT2D eigenvalue weighted by Crippen LogP contribution is -2.29. The smallest absolute Gasteiger partial charge is 0.338 e. The number of tetrazole rings is 1. The fourth-order valence-corrected chi connectivity index (χ4v) is 3.13. The number of halogens is 1. The second-order valence-electron chi connectivity index (χ2n) is 5.12. The number of hydrogen-bond donors (Lipinski definition) is 1. The number of hydrogen-bond acceptors (Lipinski definition) is 7. The molecule has 0 saturated carbocycles. The number of rotatable bonds is 4. The third kappa shape index (κ3) is 2.75. The van der Waals surface area contributed by atoms with Crippen molar-refractivity contribution in [2.45, 2.75) is 19.9 Å². The Morgan fingerprint density at radius 1 is 1.46 bits per heavy atom. The van der Waals surface area contributed by atoms with Crippen LogP contribution in [0, 0.1) is 0 Å². The zero-order valence-corrected chi connectivity index (χ0v) is 15.0. The summed E-state index contributed by atoms with van der Waals surface area (Å²) in [6, 6.07) is 5.06. The van der Waals surface area contributed by atoms with E-state index in [4.69, 9.17) is 9.47 Å². The maximum Gasteiger partial charge on any atom is 0.338 e. The van der Waals surface area contributed by atoms with Gasteiger partial charge < -0.3 is 14.8 Å². The van der Waals surface area contributed by atoms with Crippen LogP contribution >= 0.6 is 15.9 Å². The summed E-state index contributed by atoms with van der Waals surface area (Å²) in [5, 5.41) is 14.7. The summed E-state index contributed by atoms with van der Waals surface area (Å²) < 4.78 is 12.9. The standard InChI is InChI=1S/C15H16BrN5O3/c1-4-24-9-5-6-11(16)10(7-9)13-12(14(22)23-3)8(2)17-15-18-19-20-21(13)15/h5-7,13H,4H2,1-3H3,(H,17,18,20). The van der Waals surface area contributed by atoms with Gasteiger partial charge in [0, 0.05) is 10.2 Å². The van der Waals surface area contributed by atoms with E-state index in [0.717, 1.165) is 10.0 Å². The molecule has 0 saturated heterocycles. The Balaban J connectivity index is 2.20. The van der Waals surface area contributed by atoms with Gasteiger partial charge in [0.2, 0.25) is 5.95 Å². The van der Waals surface area contributed by atoms with Crippen molar-refractivity contribution in [2.75, 3.05) is 19.0 Å². The van der Waals surface area contributed by atoms with Crippen LogP contribution in [0.4, 0.5) is 5.95 Å². The second-order valence-corrected chi connectivity index (χ2v) is 5.98. The number of carbonyl (C=O) groups excluding carboxylic acids is 1. The lowest BCUT2D eigenvalue weighted by atomic mass is 9.95. The monoisotopic (exact) mass is 393 g/mol. The normalized spacial score (nSPS) is 16.4. The van der Waals surface area contributed by atoms with Crippen LogP contribution in [-0.2, 0) is 9.53 Å². The van der Waals surface area contributed by atoms with E-state index >= 15 is 0 Å². The van der Waals surface area contributed by atoms with Crippen molar-refractivity contribution in [3.05, 3.63) is 39.5 Å². The molecule has 2 heterocycles. The molecule has 9 heteroatoms. The van der Waals surface area contributed by atoms with Gasteiger partial charge in [-0.1, -0.05) is 21.0 Å². The van der Waals surface area contributed by atoms with E-state index in [1.165, 1.54) is 7.11 Å². The quantitative estimate of drug-likeness (QED) is 0.796. The van der Waals surface area contributed by atoms with E-state index in [1.54, 1.807) is 11.6 Å². The fourth-order valence-electron chi connectivity index (χ4n) is 2.66. The number of aromatic nitrogens is 4. The van der Waals surface area contributed by atoms with Crippen LogP contribution in [0.1, 0.15) is 25.5 Å². The first-order valence-electron chi connectivity index (χ1n) is 7.33. The highest BCUT2D eigenvalue weighted by atomic mass is 79.9. The van der Waals surface area contributed by atoms with Gasteiger partial charge in [-0.05, 0) is 48.0 Å². The van der Waals surface area contributed by atoms with Crippen molar-refractivity contribution >= 4 is 27.8 Å². The van der Waals surface area contributed by atoms with Crippen LogP contribution in [0.3, 0.4) is 0 Å². The highest BCUT2D eigenvalue weighted by Gasteiger charge is 2.35. The zero-order chi connectivity index (χ0) is 17.3. The molecule has 126 valence electrons. The third-order valence-corrected chi connectivity index (χ3v) is 4.41. The lowest BCUT2D eigenvalue weighted by Gasteiger charge is -2.28. The molecular weight excluding hydrogens is 378 g/mol. The Morgan fingerprint density at radius 2 is 2.25 bits per heavy atom. The lowest BCUT2D eigenvalue weighted by molar-refractivity contribution is -0.136. The maximum absolute atomic E-state index is 12.4. The summed E-state index contributed by atoms with van der Waals surface area (Å²) in [5.74, 6) is 0.712. The Kier molecular flexibility index (Phi) is 4.52. The number of esters is 1. The first-order valence-corrected chi connectivity index (χ1v) is 8.12. The summed E-state index contributed by atoms with van der Waals surface area (Å²) in [7, 11) is 1.35. The average molecular weight is 394 g/mol. The van der Waals surface area contributed by atoms with Crippen LogP contribution in [0.5, 0.6) is 5.75 Å². The number of methoxy groups -OCH3 is 1. The first kappa shape index (κ1) is 16.4. The van der Waals surface area contributed by atoms with Crippen molar-refractivity contribution in [3.8, 4) is 5.75 Å². The fraction of sp³-hybridized carbons (Fsp3) is 0.333. The molecule has 1 aromatic heterocycles. The van der Waals surface area contributed by atoms with Gasteiger partial charge in [-0.15, -0.1) is 0 Å². The summed E-state index contributed by atoms with van der Waals surface area (Å²) in [5.41, 5.74) is 1.88. The number of nitrogens with one attached hydrogen (secondary N) is 1. The van der Waals surface area contributed by atoms with E-state index in [9.17, 15) is 4.79 Å². The largest absolute Gasteiger partial charge is 0.494 e. The summed E-state index contributed by atoms with van der Waals surface area (Å²) in [6.07, 6.45) is 0. The Hall–Kier alpha value is -2.42. The van der Waals surface area contributed by atoms with E-state index in [-0.39, 0.29) is 0 Å². The van der Waals surface area contributed by atoms with Crippen LogP contribution in [0.25, 0.3) is 0 Å². The van der Waals surface area contributed by atoms with E-state index in [2.05, 4.69) is 36.8 Å². The molecule has 1 aromatic carbocycles. The maximum atomic E-state index is 12.4. The number of fused-ring (bicyclic) bond motifs is 1. The van der Waals surface area contributed by atoms with Gasteiger partial charge in [0.1, 0.15) is 11.8 Å². The number of anilines is 1. The molecule has 1 aliphatic heterocycles. The summed E-state index contributed by atoms with van der Waals surface area (Å²) in [4.78, 5) is 12.4. The molecule has 8 nitrogen and oxygen atoms in total. The molecule has 24 heavy (non-hydrogen) atoms. The van der Waals surface area contributed by atoms with Crippen LogP contribution in [0.15, 0.2) is 33.9 Å². The van der Waals surface area contributed by atoms with Crippen LogP contribution < -0.4 is 10.1 Å². The van der Waals surface area contributed by atoms with Gasteiger partial charge in [0.05, 0.1) is 19.3 Å². The van der Waals surface area contributed by atoms with Crippen LogP contribution in [-0.4, -0.2) is 39.9 Å². The van der Waals surface area contributed by atoms with Gasteiger partial charge in [-0.25, -0.2) is 4.79 Å². The molecule has 3 rings (SSSR count). The Labute approximate surface area is 147 Å². The number of benzene rings is 1. The molecule has 0 radical (unpaired) electrons. The highest BCUT2D eigenvalue weighted by Crippen LogP contribution is 2.39. The van der Waals surface area contributed by atoms with Crippen molar-refractivity contribution in [1.82, 2.24) is 20.2 Å². The molecular formula is C15H16BrN5O3. The summed E-state index contributed by atoms with van der Waals surface area (Å²) in [6.45, 7) is 4.25. The minimum atomic E-state index is -0.529. The Bertz CT molecular complexity index is 817. The molecule has 0 amide bonds. The van der Waals surface area contributed by atoms with E-state index in [0.29, 0.717) is 29.6 Å². The molecule has 0 bridgehead atoms. The third-order valence-electron chi connectivity index (χ3n) is 3.69. The van der Waals surface area contributed by atoms with Crippen molar-refractivity contribution in [2.24, 2.45) is 0 Å². The van der Waals surface area contributed by atoms with Gasteiger partial charge in [-0.3, -0.25) is 0 Å². The highest BCUT2D eigenvalue weighted by molar-refractivity contribution is 9.10. The molecule has 1 atom stereocenters. The number of allylic oxidation sites excluding steroid dienone is 1. The van der Waals surface area contributed by atoms with Crippen molar-refractivity contribution < 1.29 is 14.3 Å². The predicted molar refractivity (Wildman–Crippen MR) is 89.6 cm³/mol. The van der Waals surface area contributed by atoms with Crippen molar-refractivity contribution in [1.29, 1.82) is 0 Å². The molecule has 0 spiro atoms. The van der Waals surface area contributed by atoms with E-state index in [1.807, 2.05) is 25.1 Å². The van der Waals surface area contributed by atoms with Crippen molar-refractivity contribution in [3.63, 3.8) is 0 Å². The van der Waals surface area contributed by atoms with E-state index < -0.39 is 12.0 Å². The average Bonchev–Trinajstić information content (AvgIpc) is 3.03. The Morgan fingerprint density at radius 3 is 2.96 bits per heavy atom. The molecule has 0 fully saturated rings. The number of ether oxygens (including phenoxy) is 2. The van der Waals surface area contributed by atoms with Gasteiger partial charge in [0.15, 0.2) is 0 Å². The topological polar surface area (TPSA) is 91.2 Å². The van der Waals surface area contributed by atoms with Gasteiger partial charge >= 0.3 is 5.97 Å². The number of nitrogens with zero attached hydrogens (tertiary/aromatic N) is 4. The SMILES string of the molecule is CCOc1ccc(Br)c(C2C(C(=O)OC)=C(C)Nc3nnnn32)c1. The van der Waals surface area contributed by atoms with Gasteiger partial charge in [-0.2, -0.15) is 4.68 Å². The molecule has 2 aromatic rings. The molecule has 0 aliphatic carbocycles. The zero-order valence-electron chi connectivity index (χ0n) is 13.4.